The molecule has 3 rings (SSSR count). The van der Waals surface area contributed by atoms with E-state index in [0.717, 1.165) is 42.5 Å². The Kier molecular flexibility index (Phi) is 3.33. The highest BCUT2D eigenvalue weighted by atomic mass is 32.2. The van der Waals surface area contributed by atoms with Crippen LogP contribution in [0.5, 0.6) is 0 Å². The number of nitrogens with one attached hydrogen (secondary N) is 3. The molecule has 2 aliphatic heterocycles. The van der Waals surface area contributed by atoms with Crippen LogP contribution in [0.15, 0.2) is 18.2 Å². The standard InChI is InChI=1S/C13H15N3O2S/c17-12(11-7-19-13(18)16-11)15-9-4-3-8-2-1-5-14-10(8)6-9/h3-4,6,11,14H,1-2,5,7H2,(H,15,17)(H,16,18). The van der Waals surface area contributed by atoms with Crippen LogP contribution in [0.25, 0.3) is 0 Å². The summed E-state index contributed by atoms with van der Waals surface area (Å²) in [5.41, 5.74) is 3.15. The Morgan fingerprint density at radius 3 is 3.11 bits per heavy atom. The number of carbonyl (C=O) groups excluding carboxylic acids is 2. The van der Waals surface area contributed by atoms with Gasteiger partial charge in [0.05, 0.1) is 0 Å². The third-order valence-electron chi connectivity index (χ3n) is 3.31. The van der Waals surface area contributed by atoms with Crippen molar-refractivity contribution in [3.8, 4) is 0 Å². The molecule has 0 aromatic heterocycles. The minimum absolute atomic E-state index is 0.132. The number of rotatable bonds is 2. The van der Waals surface area contributed by atoms with E-state index in [1.165, 1.54) is 5.56 Å². The second kappa shape index (κ2) is 5.13. The largest absolute Gasteiger partial charge is 0.385 e. The van der Waals surface area contributed by atoms with Crippen LogP contribution in [0.3, 0.4) is 0 Å². The fraction of sp³-hybridized carbons (Fsp3) is 0.385. The summed E-state index contributed by atoms with van der Waals surface area (Å²) in [4.78, 5) is 23.0. The average Bonchev–Trinajstić information content (AvgIpc) is 2.85. The van der Waals surface area contributed by atoms with Crippen molar-refractivity contribution in [1.82, 2.24) is 5.32 Å². The van der Waals surface area contributed by atoms with E-state index in [0.29, 0.717) is 5.75 Å². The van der Waals surface area contributed by atoms with E-state index in [1.54, 1.807) is 0 Å². The molecule has 3 N–H and O–H groups in total. The minimum Gasteiger partial charge on any atom is -0.385 e. The summed E-state index contributed by atoms with van der Waals surface area (Å²) in [5, 5.41) is 8.68. The molecule has 0 radical (unpaired) electrons. The number of carbonyl (C=O) groups is 2. The molecule has 0 saturated carbocycles. The molecule has 100 valence electrons. The first-order valence-corrected chi connectivity index (χ1v) is 7.32. The molecule has 1 saturated heterocycles. The Hall–Kier alpha value is -1.69. The van der Waals surface area contributed by atoms with Gasteiger partial charge in [-0.15, -0.1) is 0 Å². The van der Waals surface area contributed by atoms with Gasteiger partial charge in [0.1, 0.15) is 6.04 Å². The smallest absolute Gasteiger partial charge is 0.279 e. The molecule has 1 aromatic rings. The highest BCUT2D eigenvalue weighted by molar-refractivity contribution is 8.14. The maximum atomic E-state index is 12.0. The molecule has 6 heteroatoms. The van der Waals surface area contributed by atoms with Gasteiger partial charge in [0.15, 0.2) is 0 Å². The summed E-state index contributed by atoms with van der Waals surface area (Å²) in [6.07, 6.45) is 2.22. The van der Waals surface area contributed by atoms with Crippen LogP contribution < -0.4 is 16.0 Å². The van der Waals surface area contributed by atoms with Crippen molar-refractivity contribution >= 4 is 34.3 Å². The van der Waals surface area contributed by atoms with Gasteiger partial charge < -0.3 is 16.0 Å². The molecular formula is C13H15N3O2S. The monoisotopic (exact) mass is 277 g/mol. The third kappa shape index (κ3) is 2.68. The third-order valence-corrected chi connectivity index (χ3v) is 4.19. The van der Waals surface area contributed by atoms with Gasteiger partial charge in [0.25, 0.3) is 5.24 Å². The van der Waals surface area contributed by atoms with E-state index in [1.807, 2.05) is 18.2 Å². The predicted molar refractivity (Wildman–Crippen MR) is 76.7 cm³/mol. The van der Waals surface area contributed by atoms with Crippen LogP contribution in [0.1, 0.15) is 12.0 Å². The lowest BCUT2D eigenvalue weighted by Gasteiger charge is -2.19. The van der Waals surface area contributed by atoms with Gasteiger partial charge in [0, 0.05) is 23.7 Å². The Morgan fingerprint density at radius 1 is 1.42 bits per heavy atom. The molecule has 1 fully saturated rings. The number of fused-ring (bicyclic) bond motifs is 1. The van der Waals surface area contributed by atoms with Gasteiger partial charge in [0.2, 0.25) is 5.91 Å². The topological polar surface area (TPSA) is 70.2 Å². The van der Waals surface area contributed by atoms with E-state index in [-0.39, 0.29) is 11.1 Å². The summed E-state index contributed by atoms with van der Waals surface area (Å²) in [6, 6.07) is 5.48. The van der Waals surface area contributed by atoms with Crippen molar-refractivity contribution in [3.05, 3.63) is 23.8 Å². The van der Waals surface area contributed by atoms with Gasteiger partial charge in [-0.25, -0.2) is 0 Å². The van der Waals surface area contributed by atoms with Crippen LogP contribution in [0.2, 0.25) is 0 Å². The summed E-state index contributed by atoms with van der Waals surface area (Å²) < 4.78 is 0. The minimum atomic E-state index is -0.429. The second-order valence-electron chi connectivity index (χ2n) is 4.69. The van der Waals surface area contributed by atoms with Crippen molar-refractivity contribution in [2.75, 3.05) is 22.9 Å². The van der Waals surface area contributed by atoms with Crippen LogP contribution in [-0.4, -0.2) is 29.5 Å². The zero-order valence-electron chi connectivity index (χ0n) is 10.4. The van der Waals surface area contributed by atoms with E-state index < -0.39 is 6.04 Å². The molecule has 1 unspecified atom stereocenters. The van der Waals surface area contributed by atoms with Gasteiger partial charge in [-0.1, -0.05) is 17.8 Å². The highest BCUT2D eigenvalue weighted by Gasteiger charge is 2.28. The number of aryl methyl sites for hydroxylation is 1. The number of anilines is 2. The predicted octanol–water partition coefficient (Wildman–Crippen LogP) is 1.81. The van der Waals surface area contributed by atoms with E-state index in [9.17, 15) is 9.59 Å². The zero-order valence-corrected chi connectivity index (χ0v) is 11.2. The lowest BCUT2D eigenvalue weighted by atomic mass is 10.0. The highest BCUT2D eigenvalue weighted by Crippen LogP contribution is 2.25. The lowest BCUT2D eigenvalue weighted by Crippen LogP contribution is -2.38. The van der Waals surface area contributed by atoms with Gasteiger partial charge in [-0.3, -0.25) is 9.59 Å². The van der Waals surface area contributed by atoms with Gasteiger partial charge >= 0.3 is 0 Å². The second-order valence-corrected chi connectivity index (χ2v) is 5.68. The maximum Gasteiger partial charge on any atom is 0.279 e. The van der Waals surface area contributed by atoms with Crippen molar-refractivity contribution in [2.45, 2.75) is 18.9 Å². The molecule has 2 aliphatic rings. The number of benzene rings is 1. The molecule has 0 bridgehead atoms. The number of amides is 2. The summed E-state index contributed by atoms with van der Waals surface area (Å²) >= 11 is 1.14. The number of hydrogen-bond donors (Lipinski definition) is 3. The molecule has 19 heavy (non-hydrogen) atoms. The van der Waals surface area contributed by atoms with Crippen LogP contribution >= 0.6 is 11.8 Å². The summed E-state index contributed by atoms with van der Waals surface area (Å²) in [7, 11) is 0. The Balaban J connectivity index is 1.69. The first kappa shape index (κ1) is 12.3. The molecule has 2 amide bonds. The fourth-order valence-electron chi connectivity index (χ4n) is 2.29. The lowest BCUT2D eigenvalue weighted by molar-refractivity contribution is -0.117. The van der Waals surface area contributed by atoms with Gasteiger partial charge in [-0.05, 0) is 30.5 Å². The summed E-state index contributed by atoms with van der Waals surface area (Å²) in [5.74, 6) is 0.336. The first-order valence-electron chi connectivity index (χ1n) is 6.33. The van der Waals surface area contributed by atoms with Crippen LogP contribution in [-0.2, 0) is 11.2 Å². The normalized spacial score (nSPS) is 21.3. The van der Waals surface area contributed by atoms with Gasteiger partial charge in [-0.2, -0.15) is 0 Å². The first-order chi connectivity index (χ1) is 9.22. The summed E-state index contributed by atoms with van der Waals surface area (Å²) in [6.45, 7) is 0.972. The van der Waals surface area contributed by atoms with E-state index >= 15 is 0 Å². The van der Waals surface area contributed by atoms with Crippen LogP contribution in [0.4, 0.5) is 16.2 Å². The molecular weight excluding hydrogens is 262 g/mol. The average molecular weight is 277 g/mol. The molecule has 2 heterocycles. The zero-order chi connectivity index (χ0) is 13.2. The Bertz CT molecular complexity index is 533. The Labute approximate surface area is 115 Å². The van der Waals surface area contributed by atoms with E-state index in [2.05, 4.69) is 16.0 Å². The van der Waals surface area contributed by atoms with Crippen molar-refractivity contribution < 1.29 is 9.59 Å². The molecule has 1 atom stereocenters. The Morgan fingerprint density at radius 2 is 2.32 bits per heavy atom. The van der Waals surface area contributed by atoms with Crippen LogP contribution in [0, 0.1) is 0 Å². The number of hydrogen-bond acceptors (Lipinski definition) is 4. The number of thioether (sulfide) groups is 1. The van der Waals surface area contributed by atoms with Crippen molar-refractivity contribution in [3.63, 3.8) is 0 Å². The molecule has 1 aromatic carbocycles. The van der Waals surface area contributed by atoms with Crippen molar-refractivity contribution in [1.29, 1.82) is 0 Å². The van der Waals surface area contributed by atoms with Crippen molar-refractivity contribution in [2.24, 2.45) is 0 Å². The molecule has 0 aliphatic carbocycles. The quantitative estimate of drug-likeness (QED) is 0.771. The fourth-order valence-corrected chi connectivity index (χ4v) is 3.07. The SMILES string of the molecule is O=C1NC(C(=O)Nc2ccc3c(c2)NCCC3)CS1. The molecule has 5 nitrogen and oxygen atoms in total. The molecule has 0 spiro atoms. The van der Waals surface area contributed by atoms with E-state index in [4.69, 9.17) is 0 Å². The maximum absolute atomic E-state index is 12.0.